The van der Waals surface area contributed by atoms with Gasteiger partial charge in [0.25, 0.3) is 0 Å². The van der Waals surface area contributed by atoms with Crippen molar-refractivity contribution in [3.63, 3.8) is 0 Å². The number of para-hydroxylation sites is 1. The SMILES string of the molecule is CCCCCCC[n+]1c(C)cc(N(CC)c2ccccc2)nc1NC. The first-order valence-corrected chi connectivity index (χ1v) is 9.63. The molecular formula is C21H33N4+. The molecule has 0 atom stereocenters. The largest absolute Gasteiger partial charge is 0.393 e. The minimum atomic E-state index is 0.890. The van der Waals surface area contributed by atoms with Crippen molar-refractivity contribution in [1.29, 1.82) is 0 Å². The van der Waals surface area contributed by atoms with E-state index in [2.05, 4.69) is 65.9 Å². The molecule has 4 heteroatoms. The molecule has 0 aliphatic carbocycles. The Balaban J connectivity index is 2.20. The average Bonchev–Trinajstić information content (AvgIpc) is 2.64. The second-order valence-corrected chi connectivity index (χ2v) is 6.47. The van der Waals surface area contributed by atoms with Crippen LogP contribution in [0.15, 0.2) is 36.4 Å². The first kappa shape index (κ1) is 19.2. The summed E-state index contributed by atoms with van der Waals surface area (Å²) in [5.41, 5.74) is 2.43. The van der Waals surface area contributed by atoms with Crippen molar-refractivity contribution in [2.75, 3.05) is 23.8 Å². The second-order valence-electron chi connectivity index (χ2n) is 6.47. The second kappa shape index (κ2) is 10.0. The average molecular weight is 342 g/mol. The highest BCUT2D eigenvalue weighted by atomic mass is 15.3. The van der Waals surface area contributed by atoms with Crippen molar-refractivity contribution in [3.8, 4) is 0 Å². The van der Waals surface area contributed by atoms with Gasteiger partial charge in [0.15, 0.2) is 0 Å². The zero-order valence-corrected chi connectivity index (χ0v) is 16.3. The fourth-order valence-corrected chi connectivity index (χ4v) is 3.20. The molecule has 2 aromatic rings. The molecule has 0 saturated carbocycles. The van der Waals surface area contributed by atoms with E-state index in [9.17, 15) is 0 Å². The summed E-state index contributed by atoms with van der Waals surface area (Å²) in [6.07, 6.45) is 6.45. The van der Waals surface area contributed by atoms with Crippen molar-refractivity contribution in [2.24, 2.45) is 0 Å². The number of hydrogen-bond donors (Lipinski definition) is 1. The van der Waals surface area contributed by atoms with Crippen LogP contribution in [0.2, 0.25) is 0 Å². The van der Waals surface area contributed by atoms with E-state index in [0.717, 1.165) is 24.9 Å². The van der Waals surface area contributed by atoms with E-state index in [1.54, 1.807) is 0 Å². The van der Waals surface area contributed by atoms with Crippen molar-refractivity contribution in [3.05, 3.63) is 42.1 Å². The number of aryl methyl sites for hydroxylation is 1. The maximum absolute atomic E-state index is 4.89. The lowest BCUT2D eigenvalue weighted by atomic mass is 10.1. The van der Waals surface area contributed by atoms with E-state index in [1.807, 2.05) is 13.1 Å². The van der Waals surface area contributed by atoms with Crippen molar-refractivity contribution in [2.45, 2.75) is 59.4 Å². The van der Waals surface area contributed by atoms with Gasteiger partial charge in [0.05, 0.1) is 19.3 Å². The highest BCUT2D eigenvalue weighted by molar-refractivity contribution is 5.60. The lowest BCUT2D eigenvalue weighted by molar-refractivity contribution is -0.691. The molecule has 0 bridgehead atoms. The van der Waals surface area contributed by atoms with Crippen LogP contribution in [-0.4, -0.2) is 18.6 Å². The Morgan fingerprint density at radius 2 is 1.76 bits per heavy atom. The maximum Gasteiger partial charge on any atom is 0.393 e. The fraction of sp³-hybridized carbons (Fsp3) is 0.524. The number of nitrogens with zero attached hydrogens (tertiary/aromatic N) is 3. The van der Waals surface area contributed by atoms with Gasteiger partial charge < -0.3 is 4.90 Å². The third-order valence-corrected chi connectivity index (χ3v) is 4.61. The Morgan fingerprint density at radius 1 is 1.04 bits per heavy atom. The number of anilines is 3. The summed E-state index contributed by atoms with van der Waals surface area (Å²) in [6, 6.07) is 12.7. The molecule has 2 rings (SSSR count). The van der Waals surface area contributed by atoms with Crippen LogP contribution < -0.4 is 14.8 Å². The number of hydrogen-bond acceptors (Lipinski definition) is 3. The van der Waals surface area contributed by atoms with E-state index in [0.29, 0.717) is 0 Å². The van der Waals surface area contributed by atoms with Gasteiger partial charge in [0.2, 0.25) is 5.82 Å². The third kappa shape index (κ3) is 5.18. The summed E-state index contributed by atoms with van der Waals surface area (Å²) >= 11 is 0. The Kier molecular flexibility index (Phi) is 7.71. The van der Waals surface area contributed by atoms with E-state index < -0.39 is 0 Å². The van der Waals surface area contributed by atoms with Crippen molar-refractivity contribution < 1.29 is 4.57 Å². The van der Waals surface area contributed by atoms with Crippen LogP contribution in [0.1, 0.15) is 51.6 Å². The predicted octanol–water partition coefficient (Wildman–Crippen LogP) is 4.85. The molecule has 0 radical (unpaired) electrons. The summed E-state index contributed by atoms with van der Waals surface area (Å²) < 4.78 is 2.30. The van der Waals surface area contributed by atoms with Gasteiger partial charge in [-0.1, -0.05) is 55.8 Å². The van der Waals surface area contributed by atoms with Crippen LogP contribution in [0, 0.1) is 6.92 Å². The fourth-order valence-electron chi connectivity index (χ4n) is 3.20. The van der Waals surface area contributed by atoms with E-state index in [4.69, 9.17) is 4.98 Å². The number of nitrogens with one attached hydrogen (secondary N) is 1. The number of rotatable bonds is 10. The van der Waals surface area contributed by atoms with E-state index >= 15 is 0 Å². The van der Waals surface area contributed by atoms with Crippen molar-refractivity contribution in [1.82, 2.24) is 4.98 Å². The molecule has 0 aliphatic heterocycles. The topological polar surface area (TPSA) is 32.0 Å². The van der Waals surface area contributed by atoms with Crippen LogP contribution in [0.5, 0.6) is 0 Å². The summed E-state index contributed by atoms with van der Waals surface area (Å²) in [5, 5.41) is 3.28. The van der Waals surface area contributed by atoms with Crippen LogP contribution in [0.4, 0.5) is 17.5 Å². The Bertz CT molecular complexity index is 640. The molecule has 0 saturated heterocycles. The summed E-state index contributed by atoms with van der Waals surface area (Å²) in [7, 11) is 1.96. The Morgan fingerprint density at radius 3 is 2.40 bits per heavy atom. The van der Waals surface area contributed by atoms with Gasteiger partial charge in [0, 0.05) is 18.3 Å². The number of unbranched alkanes of at least 4 members (excludes halogenated alkanes) is 4. The molecule has 0 unspecified atom stereocenters. The predicted molar refractivity (Wildman–Crippen MR) is 107 cm³/mol. The lowest BCUT2D eigenvalue weighted by Gasteiger charge is -2.21. The molecule has 136 valence electrons. The molecule has 1 aromatic heterocycles. The first-order valence-electron chi connectivity index (χ1n) is 9.63. The van der Waals surface area contributed by atoms with Gasteiger partial charge in [-0.2, -0.15) is 0 Å². The molecule has 0 fully saturated rings. The molecule has 1 aromatic carbocycles. The minimum Gasteiger partial charge on any atom is -0.313 e. The molecule has 0 spiro atoms. The lowest BCUT2D eigenvalue weighted by Crippen LogP contribution is -2.41. The smallest absolute Gasteiger partial charge is 0.313 e. The van der Waals surface area contributed by atoms with Crippen LogP contribution in [0.3, 0.4) is 0 Å². The Labute approximate surface area is 152 Å². The highest BCUT2D eigenvalue weighted by Gasteiger charge is 2.19. The van der Waals surface area contributed by atoms with Crippen LogP contribution in [0.25, 0.3) is 0 Å². The van der Waals surface area contributed by atoms with E-state index in [-0.39, 0.29) is 0 Å². The molecular weight excluding hydrogens is 308 g/mol. The number of aromatic nitrogens is 2. The van der Waals surface area contributed by atoms with Gasteiger partial charge in [-0.25, -0.2) is 4.57 Å². The molecule has 0 amide bonds. The summed E-state index contributed by atoms with van der Waals surface area (Å²) in [4.78, 5) is 7.14. The third-order valence-electron chi connectivity index (χ3n) is 4.61. The molecule has 1 N–H and O–H groups in total. The van der Waals surface area contributed by atoms with Gasteiger partial charge in [-0.05, 0) is 32.4 Å². The molecule has 1 heterocycles. The molecule has 0 aliphatic rings. The molecule has 25 heavy (non-hydrogen) atoms. The van der Waals surface area contributed by atoms with Gasteiger partial charge >= 0.3 is 5.95 Å². The van der Waals surface area contributed by atoms with Gasteiger partial charge in [-0.3, -0.25) is 5.32 Å². The van der Waals surface area contributed by atoms with Crippen molar-refractivity contribution >= 4 is 17.5 Å². The Hall–Kier alpha value is -2.10. The standard InChI is InChI=1S/C21H32N4/c1-5-7-8-9-13-16-25-18(3)17-20(23-21(25)22-4)24(6-2)19-14-11-10-12-15-19/h10-12,14-15,17H,5-9,13,16H2,1-4H3/p+1. The minimum absolute atomic E-state index is 0.890. The zero-order chi connectivity index (χ0) is 18.1. The monoisotopic (exact) mass is 341 g/mol. The normalized spacial score (nSPS) is 10.7. The van der Waals surface area contributed by atoms with E-state index in [1.165, 1.54) is 43.5 Å². The zero-order valence-electron chi connectivity index (χ0n) is 16.3. The molecule has 4 nitrogen and oxygen atoms in total. The van der Waals surface area contributed by atoms with Gasteiger partial charge in [-0.15, -0.1) is 0 Å². The van der Waals surface area contributed by atoms with Crippen LogP contribution in [-0.2, 0) is 6.54 Å². The summed E-state index contributed by atoms with van der Waals surface area (Å²) in [5.74, 6) is 1.94. The first-order chi connectivity index (χ1) is 12.2. The quantitative estimate of drug-likeness (QED) is 0.495. The maximum atomic E-state index is 4.89. The van der Waals surface area contributed by atoms with Crippen LogP contribution >= 0.6 is 0 Å². The number of benzene rings is 1. The summed E-state index contributed by atoms with van der Waals surface area (Å²) in [6.45, 7) is 8.51. The van der Waals surface area contributed by atoms with Gasteiger partial charge in [0.1, 0.15) is 0 Å². The highest BCUT2D eigenvalue weighted by Crippen LogP contribution is 2.24.